The number of thioether (sulfide) groups is 1. The third kappa shape index (κ3) is 2.57. The zero-order valence-corrected chi connectivity index (χ0v) is 9.44. The monoisotopic (exact) mass is 262 g/mol. The van der Waals surface area contributed by atoms with Crippen molar-refractivity contribution in [1.29, 1.82) is 0 Å². The van der Waals surface area contributed by atoms with E-state index in [1.54, 1.807) is 0 Å². The summed E-state index contributed by atoms with van der Waals surface area (Å²) in [7, 11) is 0. The van der Waals surface area contributed by atoms with E-state index in [2.05, 4.69) is 0 Å². The van der Waals surface area contributed by atoms with Gasteiger partial charge in [0.25, 0.3) is 0 Å². The van der Waals surface area contributed by atoms with Crippen LogP contribution in [0, 0.1) is 0 Å². The van der Waals surface area contributed by atoms with Crippen molar-refractivity contribution in [2.24, 2.45) is 0 Å². The molecular formula is C11H9F3O2S. The van der Waals surface area contributed by atoms with Gasteiger partial charge in [-0.15, -0.1) is 0 Å². The van der Waals surface area contributed by atoms with E-state index in [9.17, 15) is 18.0 Å². The Bertz CT molecular complexity index is 435. The molecule has 1 aromatic carbocycles. The maximum atomic E-state index is 12.1. The number of hydrogen-bond donors (Lipinski definition) is 1. The molecule has 0 atom stereocenters. The van der Waals surface area contributed by atoms with Gasteiger partial charge in [-0.2, -0.15) is 13.2 Å². The number of aliphatic carboxylic acids is 1. The van der Waals surface area contributed by atoms with Gasteiger partial charge in [0, 0.05) is 4.90 Å². The van der Waals surface area contributed by atoms with Crippen molar-refractivity contribution in [1.82, 2.24) is 0 Å². The van der Waals surface area contributed by atoms with Crippen LogP contribution in [0.3, 0.4) is 0 Å². The summed E-state index contributed by atoms with van der Waals surface area (Å²) in [5.74, 6) is -0.909. The number of rotatable bonds is 3. The Morgan fingerprint density at radius 1 is 1.24 bits per heavy atom. The summed E-state index contributed by atoms with van der Waals surface area (Å²) in [6.45, 7) is 0. The molecule has 1 aliphatic carbocycles. The largest absolute Gasteiger partial charge is 0.481 e. The van der Waals surface area contributed by atoms with Crippen molar-refractivity contribution < 1.29 is 23.1 Å². The summed E-state index contributed by atoms with van der Waals surface area (Å²) < 4.78 is 36.3. The maximum absolute atomic E-state index is 12.1. The van der Waals surface area contributed by atoms with E-state index in [0.29, 0.717) is 18.4 Å². The molecule has 1 N–H and O–H groups in total. The standard InChI is InChI=1S/C11H9F3O2S/c12-11(13,14)17-8-3-1-7(2-4-8)10(5-6-10)9(15)16/h1-4H,5-6H2,(H,15,16). The average molecular weight is 262 g/mol. The molecule has 0 aliphatic heterocycles. The summed E-state index contributed by atoms with van der Waals surface area (Å²) in [5, 5.41) is 9.03. The number of carboxylic acid groups (broad SMARTS) is 1. The number of carbonyl (C=O) groups is 1. The highest BCUT2D eigenvalue weighted by Gasteiger charge is 2.51. The fourth-order valence-electron chi connectivity index (χ4n) is 1.73. The quantitative estimate of drug-likeness (QED) is 0.848. The molecule has 1 fully saturated rings. The lowest BCUT2D eigenvalue weighted by atomic mass is 9.96. The van der Waals surface area contributed by atoms with Crippen molar-refractivity contribution in [2.45, 2.75) is 28.7 Å². The minimum absolute atomic E-state index is 0.0717. The molecule has 2 nitrogen and oxygen atoms in total. The molecule has 6 heteroatoms. The minimum atomic E-state index is -4.31. The zero-order valence-electron chi connectivity index (χ0n) is 8.62. The molecule has 92 valence electrons. The first-order chi connectivity index (χ1) is 7.83. The molecule has 0 spiro atoms. The van der Waals surface area contributed by atoms with E-state index in [-0.39, 0.29) is 16.7 Å². The smallest absolute Gasteiger partial charge is 0.446 e. The van der Waals surface area contributed by atoms with E-state index in [4.69, 9.17) is 5.11 Å². The Morgan fingerprint density at radius 3 is 2.12 bits per heavy atom. The van der Waals surface area contributed by atoms with E-state index in [1.165, 1.54) is 24.3 Å². The van der Waals surface area contributed by atoms with Gasteiger partial charge in [-0.05, 0) is 42.3 Å². The van der Waals surface area contributed by atoms with Crippen LogP contribution in [0.5, 0.6) is 0 Å². The van der Waals surface area contributed by atoms with Gasteiger partial charge >= 0.3 is 11.5 Å². The summed E-state index contributed by atoms with van der Waals surface area (Å²) >= 11 is -0.199. The van der Waals surface area contributed by atoms with E-state index in [0.717, 1.165) is 0 Å². The van der Waals surface area contributed by atoms with Gasteiger partial charge in [-0.25, -0.2) is 0 Å². The lowest BCUT2D eigenvalue weighted by molar-refractivity contribution is -0.140. The van der Waals surface area contributed by atoms with Crippen LogP contribution in [-0.4, -0.2) is 16.6 Å². The third-order valence-corrected chi connectivity index (χ3v) is 3.54. The van der Waals surface area contributed by atoms with Gasteiger partial charge in [-0.1, -0.05) is 12.1 Å². The van der Waals surface area contributed by atoms with Gasteiger partial charge < -0.3 is 5.11 Å². The summed E-state index contributed by atoms with van der Waals surface area (Å²) in [6, 6.07) is 5.57. The molecule has 17 heavy (non-hydrogen) atoms. The number of benzene rings is 1. The second kappa shape index (κ2) is 3.94. The number of alkyl halides is 3. The van der Waals surface area contributed by atoms with Gasteiger partial charge in [0.1, 0.15) is 0 Å². The molecular weight excluding hydrogens is 253 g/mol. The molecule has 2 rings (SSSR count). The Kier molecular flexibility index (Phi) is 2.85. The van der Waals surface area contributed by atoms with Crippen LogP contribution in [0.25, 0.3) is 0 Å². The fourth-order valence-corrected chi connectivity index (χ4v) is 2.27. The number of hydrogen-bond acceptors (Lipinski definition) is 2. The van der Waals surface area contributed by atoms with Crippen molar-refractivity contribution in [3.63, 3.8) is 0 Å². The average Bonchev–Trinajstić information content (AvgIpc) is 2.97. The van der Waals surface area contributed by atoms with Crippen LogP contribution >= 0.6 is 11.8 Å². The number of carboxylic acids is 1. The Labute approximate surface area is 99.8 Å². The van der Waals surface area contributed by atoms with Gasteiger partial charge in [-0.3, -0.25) is 4.79 Å². The van der Waals surface area contributed by atoms with Crippen LogP contribution in [0.1, 0.15) is 18.4 Å². The van der Waals surface area contributed by atoms with E-state index < -0.39 is 16.9 Å². The van der Waals surface area contributed by atoms with Gasteiger partial charge in [0.15, 0.2) is 0 Å². The molecule has 0 saturated heterocycles. The Morgan fingerprint density at radius 2 is 1.76 bits per heavy atom. The van der Waals surface area contributed by atoms with Crippen LogP contribution in [0.15, 0.2) is 29.2 Å². The molecule has 0 radical (unpaired) electrons. The molecule has 0 amide bonds. The van der Waals surface area contributed by atoms with Crippen LogP contribution in [-0.2, 0) is 10.2 Å². The van der Waals surface area contributed by atoms with E-state index >= 15 is 0 Å². The predicted octanol–water partition coefficient (Wildman–Crippen LogP) is 3.41. The Hall–Kier alpha value is -1.17. The first-order valence-electron chi connectivity index (χ1n) is 4.93. The van der Waals surface area contributed by atoms with Crippen molar-refractivity contribution in [2.75, 3.05) is 0 Å². The second-order valence-corrected chi connectivity index (χ2v) is 5.10. The second-order valence-electron chi connectivity index (χ2n) is 3.96. The summed E-state index contributed by atoms with van der Waals surface area (Å²) in [4.78, 5) is 11.1. The topological polar surface area (TPSA) is 37.3 Å². The molecule has 1 aromatic rings. The summed E-state index contributed by atoms with van der Waals surface area (Å²) in [5.41, 5.74) is -4.59. The molecule has 0 heterocycles. The van der Waals surface area contributed by atoms with Crippen molar-refractivity contribution >= 4 is 17.7 Å². The molecule has 1 saturated carbocycles. The maximum Gasteiger partial charge on any atom is 0.446 e. The van der Waals surface area contributed by atoms with Crippen molar-refractivity contribution in [3.05, 3.63) is 29.8 Å². The highest BCUT2D eigenvalue weighted by molar-refractivity contribution is 8.00. The SMILES string of the molecule is O=C(O)C1(c2ccc(SC(F)(F)F)cc2)CC1. The van der Waals surface area contributed by atoms with Crippen molar-refractivity contribution in [3.8, 4) is 0 Å². The fraction of sp³-hybridized carbons (Fsp3) is 0.364. The highest BCUT2D eigenvalue weighted by atomic mass is 32.2. The normalized spacial score (nSPS) is 17.8. The van der Waals surface area contributed by atoms with Crippen LogP contribution in [0.4, 0.5) is 13.2 Å². The third-order valence-electron chi connectivity index (χ3n) is 2.80. The molecule has 0 unspecified atom stereocenters. The molecule has 0 bridgehead atoms. The zero-order chi connectivity index (χ0) is 12.7. The van der Waals surface area contributed by atoms with Gasteiger partial charge in [0.2, 0.25) is 0 Å². The Balaban J connectivity index is 2.17. The molecule has 0 aromatic heterocycles. The highest BCUT2D eigenvalue weighted by Crippen LogP contribution is 2.49. The predicted molar refractivity (Wildman–Crippen MR) is 56.9 cm³/mol. The summed E-state index contributed by atoms with van der Waals surface area (Å²) in [6.07, 6.45) is 1.10. The van der Waals surface area contributed by atoms with E-state index in [1.807, 2.05) is 0 Å². The van der Waals surface area contributed by atoms with Crippen LogP contribution in [0.2, 0.25) is 0 Å². The molecule has 1 aliphatic rings. The van der Waals surface area contributed by atoms with Crippen LogP contribution < -0.4 is 0 Å². The minimum Gasteiger partial charge on any atom is -0.481 e. The lowest BCUT2D eigenvalue weighted by Gasteiger charge is -2.11. The first kappa shape index (κ1) is 12.3. The first-order valence-corrected chi connectivity index (χ1v) is 5.75. The van der Waals surface area contributed by atoms with Gasteiger partial charge in [0.05, 0.1) is 5.41 Å². The lowest BCUT2D eigenvalue weighted by Crippen LogP contribution is -2.19. The number of halogens is 3.